The van der Waals surface area contributed by atoms with Crippen LogP contribution in [0.25, 0.3) is 0 Å². The minimum Gasteiger partial charge on any atom is -0.506 e. The molecule has 2 N–H and O–H groups in total. The van der Waals surface area contributed by atoms with Gasteiger partial charge in [-0.25, -0.2) is 0 Å². The number of nitrogens with zero attached hydrogens (tertiary/aromatic N) is 3. The highest BCUT2D eigenvalue weighted by Gasteiger charge is 2.41. The van der Waals surface area contributed by atoms with Gasteiger partial charge in [0, 0.05) is 17.7 Å². The molecule has 21 heavy (non-hydrogen) atoms. The van der Waals surface area contributed by atoms with Crippen LogP contribution in [-0.2, 0) is 4.79 Å². The van der Waals surface area contributed by atoms with Crippen LogP contribution in [0.1, 0.15) is 5.69 Å². The summed E-state index contributed by atoms with van der Waals surface area (Å²) < 4.78 is 0. The number of aromatic nitrogens is 1. The second-order valence-electron chi connectivity index (χ2n) is 4.93. The van der Waals surface area contributed by atoms with Crippen molar-refractivity contribution in [3.05, 3.63) is 24.0 Å². The lowest BCUT2D eigenvalue weighted by Crippen LogP contribution is -2.42. The molecule has 0 aliphatic carbocycles. The number of aromatic hydroxyl groups is 1. The van der Waals surface area contributed by atoms with Crippen molar-refractivity contribution in [1.82, 2.24) is 9.88 Å². The Morgan fingerprint density at radius 3 is 2.95 bits per heavy atom. The number of rotatable bonds is 3. The van der Waals surface area contributed by atoms with Crippen molar-refractivity contribution in [2.24, 2.45) is 4.99 Å². The third-order valence-corrected chi connectivity index (χ3v) is 6.17. The molecular weight excluding hydrogens is 310 g/mol. The van der Waals surface area contributed by atoms with Crippen LogP contribution in [0, 0.1) is 0 Å². The van der Waals surface area contributed by atoms with E-state index in [0.29, 0.717) is 11.4 Å². The fraction of sp³-hybridized carbons (Fsp3) is 0.462. The molecular formula is C13H15N3O3S2. The number of thioether (sulfide) groups is 2. The van der Waals surface area contributed by atoms with E-state index in [2.05, 4.69) is 9.98 Å². The van der Waals surface area contributed by atoms with E-state index >= 15 is 0 Å². The zero-order chi connectivity index (χ0) is 15.0. The largest absolute Gasteiger partial charge is 0.506 e. The van der Waals surface area contributed by atoms with Gasteiger partial charge < -0.3 is 10.2 Å². The lowest BCUT2D eigenvalue weighted by atomic mass is 10.2. The molecule has 0 saturated carbocycles. The van der Waals surface area contributed by atoms with Crippen LogP contribution < -0.4 is 0 Å². The summed E-state index contributed by atoms with van der Waals surface area (Å²) in [6.07, 6.45) is 1.63. The minimum absolute atomic E-state index is 0.0192. The molecule has 1 aromatic heterocycles. The first-order chi connectivity index (χ1) is 10.1. The van der Waals surface area contributed by atoms with Crippen LogP contribution in [0.15, 0.2) is 23.3 Å². The molecule has 1 aromatic rings. The Bertz CT molecular complexity index is 596. The normalized spacial score (nSPS) is 29.6. The maximum atomic E-state index is 11.2. The van der Waals surface area contributed by atoms with E-state index in [0.717, 1.165) is 10.8 Å². The van der Waals surface area contributed by atoms with E-state index in [4.69, 9.17) is 0 Å². The molecule has 3 heterocycles. The molecule has 8 heteroatoms. The molecule has 2 aliphatic rings. The summed E-state index contributed by atoms with van der Waals surface area (Å²) >= 11 is 3.18. The molecule has 0 bridgehead atoms. The summed E-state index contributed by atoms with van der Waals surface area (Å²) in [5, 5.41) is 19.8. The van der Waals surface area contributed by atoms with Crippen molar-refractivity contribution < 1.29 is 15.0 Å². The molecule has 6 nitrogen and oxygen atoms in total. The van der Waals surface area contributed by atoms with Gasteiger partial charge >= 0.3 is 5.97 Å². The highest BCUT2D eigenvalue weighted by Crippen LogP contribution is 2.37. The van der Waals surface area contributed by atoms with Gasteiger partial charge in [-0.1, -0.05) is 0 Å². The SMILES string of the molecule is CN1C(C(=O)O)CSC1C1CSC(c2ncccc2O)=N1. The average Bonchev–Trinajstić information content (AvgIpc) is 3.05. The molecule has 3 atom stereocenters. The molecule has 112 valence electrons. The van der Waals surface area contributed by atoms with Gasteiger partial charge in [-0.05, 0) is 19.2 Å². The van der Waals surface area contributed by atoms with Gasteiger partial charge in [0.2, 0.25) is 0 Å². The molecule has 3 unspecified atom stereocenters. The molecule has 1 fully saturated rings. The molecule has 0 radical (unpaired) electrons. The van der Waals surface area contributed by atoms with Crippen LogP contribution in [0.5, 0.6) is 5.75 Å². The summed E-state index contributed by atoms with van der Waals surface area (Å²) in [5.41, 5.74) is 0.505. The fourth-order valence-electron chi connectivity index (χ4n) is 2.46. The van der Waals surface area contributed by atoms with Crippen molar-refractivity contribution >= 4 is 34.5 Å². The lowest BCUT2D eigenvalue weighted by Gasteiger charge is -2.24. The van der Waals surface area contributed by atoms with Crippen LogP contribution in [-0.4, -0.2) is 67.1 Å². The molecule has 3 rings (SSSR count). The Labute approximate surface area is 130 Å². The van der Waals surface area contributed by atoms with Gasteiger partial charge in [0.1, 0.15) is 22.5 Å². The number of likely N-dealkylation sites (N-methyl/N-ethyl adjacent to an activating group) is 1. The monoisotopic (exact) mass is 325 g/mol. The maximum absolute atomic E-state index is 11.2. The van der Waals surface area contributed by atoms with Gasteiger partial charge in [-0.3, -0.25) is 19.7 Å². The molecule has 0 spiro atoms. The number of aliphatic imine (C=N–C) groups is 1. The Morgan fingerprint density at radius 1 is 1.48 bits per heavy atom. The predicted molar refractivity (Wildman–Crippen MR) is 84.1 cm³/mol. The maximum Gasteiger partial charge on any atom is 0.321 e. The Hall–Kier alpha value is -1.25. The molecule has 0 aromatic carbocycles. The second-order valence-corrected chi connectivity index (χ2v) is 7.09. The summed E-state index contributed by atoms with van der Waals surface area (Å²) in [5.74, 6) is 0.696. The van der Waals surface area contributed by atoms with Crippen LogP contribution in [0.4, 0.5) is 0 Å². The zero-order valence-electron chi connectivity index (χ0n) is 11.3. The average molecular weight is 325 g/mol. The van der Waals surface area contributed by atoms with Gasteiger partial charge in [0.15, 0.2) is 0 Å². The number of hydrogen-bond donors (Lipinski definition) is 2. The standard InChI is InChI=1S/C13H15N3O3S2/c1-16-8(13(18)19)6-21-12(16)7-5-20-11(15-7)10-9(17)3-2-4-14-10/h2-4,7-8,12,17H,5-6H2,1H3,(H,18,19). The first kappa shape index (κ1) is 14.7. The number of carboxylic acids is 1. The fourth-order valence-corrected chi connectivity index (χ4v) is 5.19. The Morgan fingerprint density at radius 2 is 2.29 bits per heavy atom. The van der Waals surface area contributed by atoms with E-state index in [1.54, 1.807) is 41.9 Å². The van der Waals surface area contributed by atoms with Crippen LogP contribution >= 0.6 is 23.5 Å². The summed E-state index contributed by atoms with van der Waals surface area (Å²) in [4.78, 5) is 21.9. The third kappa shape index (κ3) is 2.75. The van der Waals surface area contributed by atoms with E-state index < -0.39 is 12.0 Å². The first-order valence-electron chi connectivity index (χ1n) is 6.49. The summed E-state index contributed by atoms with van der Waals surface area (Å²) in [6.45, 7) is 0. The molecule has 0 amide bonds. The van der Waals surface area contributed by atoms with Gasteiger partial charge in [-0.15, -0.1) is 23.5 Å². The first-order valence-corrected chi connectivity index (χ1v) is 8.52. The highest BCUT2D eigenvalue weighted by molar-refractivity contribution is 8.14. The molecule has 2 aliphatic heterocycles. The second kappa shape index (κ2) is 5.86. The van der Waals surface area contributed by atoms with E-state index in [9.17, 15) is 15.0 Å². The van der Waals surface area contributed by atoms with E-state index in [1.165, 1.54) is 0 Å². The van der Waals surface area contributed by atoms with Gasteiger partial charge in [0.25, 0.3) is 0 Å². The van der Waals surface area contributed by atoms with E-state index in [-0.39, 0.29) is 17.2 Å². The number of hydrogen-bond acceptors (Lipinski definition) is 7. The Kier molecular flexibility index (Phi) is 4.10. The number of pyridine rings is 1. The zero-order valence-corrected chi connectivity index (χ0v) is 13.0. The third-order valence-electron chi connectivity index (χ3n) is 3.59. The molecule has 1 saturated heterocycles. The Balaban J connectivity index is 1.78. The summed E-state index contributed by atoms with van der Waals surface area (Å²) in [6, 6.07) is 2.84. The predicted octanol–water partition coefficient (Wildman–Crippen LogP) is 1.11. The smallest absolute Gasteiger partial charge is 0.321 e. The quantitative estimate of drug-likeness (QED) is 0.861. The summed E-state index contributed by atoms with van der Waals surface area (Å²) in [7, 11) is 1.83. The number of carbonyl (C=O) groups is 1. The van der Waals surface area contributed by atoms with Crippen molar-refractivity contribution in [3.63, 3.8) is 0 Å². The lowest BCUT2D eigenvalue weighted by molar-refractivity contribution is -0.141. The van der Waals surface area contributed by atoms with Crippen molar-refractivity contribution in [3.8, 4) is 5.75 Å². The van der Waals surface area contributed by atoms with Crippen LogP contribution in [0.3, 0.4) is 0 Å². The van der Waals surface area contributed by atoms with Crippen molar-refractivity contribution in [2.45, 2.75) is 17.5 Å². The minimum atomic E-state index is -0.787. The van der Waals surface area contributed by atoms with E-state index in [1.807, 2.05) is 11.9 Å². The number of aliphatic carboxylic acids is 1. The van der Waals surface area contributed by atoms with Crippen LogP contribution in [0.2, 0.25) is 0 Å². The van der Waals surface area contributed by atoms with Gasteiger partial charge in [-0.2, -0.15) is 0 Å². The van der Waals surface area contributed by atoms with Crippen molar-refractivity contribution in [2.75, 3.05) is 18.6 Å². The highest BCUT2D eigenvalue weighted by atomic mass is 32.2. The number of carboxylic acid groups (broad SMARTS) is 1. The van der Waals surface area contributed by atoms with Crippen molar-refractivity contribution in [1.29, 1.82) is 0 Å². The topological polar surface area (TPSA) is 86.0 Å². The van der Waals surface area contributed by atoms with Gasteiger partial charge in [0.05, 0.1) is 11.4 Å².